The molecule has 14 heteroatoms. The van der Waals surface area contributed by atoms with Crippen LogP contribution < -0.4 is 0 Å². The lowest BCUT2D eigenvalue weighted by atomic mass is 10.1. The van der Waals surface area contributed by atoms with Gasteiger partial charge in [0.05, 0.1) is 22.4 Å². The molecule has 32 heavy (non-hydrogen) atoms. The summed E-state index contributed by atoms with van der Waals surface area (Å²) >= 11 is 0. The van der Waals surface area contributed by atoms with Crippen molar-refractivity contribution in [3.05, 3.63) is 41.6 Å². The van der Waals surface area contributed by atoms with Crippen molar-refractivity contribution in [2.24, 2.45) is 7.05 Å². The van der Waals surface area contributed by atoms with Crippen LogP contribution in [0.2, 0.25) is 0 Å². The molecule has 0 N–H and O–H groups in total. The highest BCUT2D eigenvalue weighted by atomic mass is 32.2. The number of alkyl halides is 6. The van der Waals surface area contributed by atoms with Gasteiger partial charge in [0.1, 0.15) is 5.52 Å². The second-order valence-electron chi connectivity index (χ2n) is 6.89. The Kier molecular flexibility index (Phi) is 4.77. The Balaban J connectivity index is 2.05. The molecular formula is C18H13F6N5O2S. The standard InChI is InChI=1S/C18H13F6N5O2S/c1-3-32(30,31)15-11-6-9(17(19,20)21)4-5-12(11)27-29(15)16-26-13-7-10(18(22,23)24)8-25-14(13)28(16)2/h4-8H,3H2,1-2H3. The summed E-state index contributed by atoms with van der Waals surface area (Å²) < 4.78 is 106. The number of aryl methyl sites for hydroxylation is 1. The van der Waals surface area contributed by atoms with Crippen LogP contribution in [-0.2, 0) is 29.2 Å². The van der Waals surface area contributed by atoms with Crippen molar-refractivity contribution in [1.29, 1.82) is 0 Å². The number of halogens is 6. The number of nitrogens with zero attached hydrogens (tertiary/aromatic N) is 5. The molecule has 0 fully saturated rings. The van der Waals surface area contributed by atoms with E-state index in [4.69, 9.17) is 0 Å². The molecule has 0 spiro atoms. The molecule has 0 saturated heterocycles. The molecule has 0 amide bonds. The molecule has 0 aliphatic rings. The predicted octanol–water partition coefficient (Wildman–Crippen LogP) is 4.14. The number of fused-ring (bicyclic) bond motifs is 2. The van der Waals surface area contributed by atoms with Gasteiger partial charge in [-0.25, -0.2) is 18.4 Å². The minimum atomic E-state index is -4.72. The highest BCUT2D eigenvalue weighted by molar-refractivity contribution is 7.91. The van der Waals surface area contributed by atoms with Gasteiger partial charge in [-0.3, -0.25) is 4.57 Å². The van der Waals surface area contributed by atoms with Crippen molar-refractivity contribution in [2.75, 3.05) is 5.75 Å². The van der Waals surface area contributed by atoms with Crippen molar-refractivity contribution >= 4 is 31.9 Å². The maximum Gasteiger partial charge on any atom is 0.417 e. The Bertz CT molecular complexity index is 1470. The SMILES string of the molecule is CCS(=O)(=O)c1c2cc(C(F)(F)F)ccc2nn1-c1nc2cc(C(F)(F)F)cnc2n1C. The number of rotatable bonds is 3. The first kappa shape index (κ1) is 22.0. The average Bonchev–Trinajstić information content (AvgIpc) is 3.24. The average molecular weight is 477 g/mol. The smallest absolute Gasteiger partial charge is 0.296 e. The van der Waals surface area contributed by atoms with E-state index in [1.54, 1.807) is 0 Å². The van der Waals surface area contributed by atoms with Crippen LogP contribution >= 0.6 is 0 Å². The molecule has 0 radical (unpaired) electrons. The Hall–Kier alpha value is -3.16. The maximum atomic E-state index is 13.2. The third-order valence-electron chi connectivity index (χ3n) is 4.83. The summed E-state index contributed by atoms with van der Waals surface area (Å²) in [4.78, 5) is 7.79. The number of benzene rings is 1. The quantitative estimate of drug-likeness (QED) is 0.415. The van der Waals surface area contributed by atoms with E-state index in [0.29, 0.717) is 12.3 Å². The molecule has 0 bridgehead atoms. The lowest BCUT2D eigenvalue weighted by molar-refractivity contribution is -0.138. The zero-order valence-corrected chi connectivity index (χ0v) is 17.1. The molecule has 3 heterocycles. The molecule has 1 aromatic carbocycles. The summed E-state index contributed by atoms with van der Waals surface area (Å²) in [5, 5.41) is 3.26. The third kappa shape index (κ3) is 3.47. The first-order chi connectivity index (χ1) is 14.7. The van der Waals surface area contributed by atoms with Gasteiger partial charge in [0.25, 0.3) is 0 Å². The molecule has 170 valence electrons. The van der Waals surface area contributed by atoms with E-state index in [1.807, 2.05) is 0 Å². The Morgan fingerprint density at radius 3 is 2.22 bits per heavy atom. The van der Waals surface area contributed by atoms with Crippen LogP contribution in [0.25, 0.3) is 28.0 Å². The summed E-state index contributed by atoms with van der Waals surface area (Å²) in [6, 6.07) is 3.19. The zero-order chi connectivity index (χ0) is 23.6. The van der Waals surface area contributed by atoms with Crippen molar-refractivity contribution in [3.8, 4) is 5.95 Å². The van der Waals surface area contributed by atoms with Gasteiger partial charge in [-0.15, -0.1) is 0 Å². The molecule has 3 aromatic heterocycles. The van der Waals surface area contributed by atoms with Crippen LogP contribution in [0, 0.1) is 0 Å². The summed E-state index contributed by atoms with van der Waals surface area (Å²) in [6.07, 6.45) is -8.80. The number of imidazole rings is 1. The van der Waals surface area contributed by atoms with Crippen molar-refractivity contribution in [3.63, 3.8) is 0 Å². The van der Waals surface area contributed by atoms with E-state index in [9.17, 15) is 34.8 Å². The number of sulfone groups is 1. The fraction of sp³-hybridized carbons (Fsp3) is 0.278. The topological polar surface area (TPSA) is 82.7 Å². The highest BCUT2D eigenvalue weighted by Crippen LogP contribution is 2.35. The van der Waals surface area contributed by atoms with E-state index in [1.165, 1.54) is 18.5 Å². The van der Waals surface area contributed by atoms with Crippen LogP contribution in [0.4, 0.5) is 26.3 Å². The summed E-state index contributed by atoms with van der Waals surface area (Å²) in [5.41, 5.74) is -2.37. The molecule has 4 aromatic rings. The van der Waals surface area contributed by atoms with E-state index in [2.05, 4.69) is 15.1 Å². The Morgan fingerprint density at radius 1 is 0.969 bits per heavy atom. The van der Waals surface area contributed by atoms with Crippen LogP contribution in [0.1, 0.15) is 18.1 Å². The summed E-state index contributed by atoms with van der Waals surface area (Å²) in [7, 11) is -2.75. The Labute approximate surface area is 176 Å². The number of pyridine rings is 1. The van der Waals surface area contributed by atoms with Gasteiger partial charge in [0, 0.05) is 18.6 Å². The molecule has 7 nitrogen and oxygen atoms in total. The minimum Gasteiger partial charge on any atom is -0.296 e. The molecule has 4 rings (SSSR count). The largest absolute Gasteiger partial charge is 0.417 e. The zero-order valence-electron chi connectivity index (χ0n) is 16.3. The van der Waals surface area contributed by atoms with Gasteiger partial charge in [0.2, 0.25) is 5.95 Å². The lowest BCUT2D eigenvalue weighted by Crippen LogP contribution is -2.14. The molecule has 0 aliphatic heterocycles. The first-order valence-corrected chi connectivity index (χ1v) is 10.6. The van der Waals surface area contributed by atoms with Gasteiger partial charge in [-0.1, -0.05) is 6.92 Å². The van der Waals surface area contributed by atoms with Crippen LogP contribution in [-0.4, -0.2) is 38.5 Å². The van der Waals surface area contributed by atoms with Crippen molar-refractivity contribution < 1.29 is 34.8 Å². The van der Waals surface area contributed by atoms with Gasteiger partial charge in [0.15, 0.2) is 20.5 Å². The normalized spacial score (nSPS) is 13.4. The van der Waals surface area contributed by atoms with Crippen molar-refractivity contribution in [1.82, 2.24) is 24.3 Å². The number of hydrogen-bond donors (Lipinski definition) is 0. The fourth-order valence-corrected chi connectivity index (χ4v) is 4.38. The van der Waals surface area contributed by atoms with Gasteiger partial charge in [-0.2, -0.15) is 36.1 Å². The van der Waals surface area contributed by atoms with E-state index >= 15 is 0 Å². The molecular weight excluding hydrogens is 464 g/mol. The van der Waals surface area contributed by atoms with Crippen molar-refractivity contribution in [2.45, 2.75) is 24.3 Å². The molecule has 0 unspecified atom stereocenters. The maximum absolute atomic E-state index is 13.2. The number of aromatic nitrogens is 5. The van der Waals surface area contributed by atoms with Gasteiger partial charge < -0.3 is 0 Å². The summed E-state index contributed by atoms with van der Waals surface area (Å²) in [5.74, 6) is -0.673. The highest BCUT2D eigenvalue weighted by Gasteiger charge is 2.34. The first-order valence-electron chi connectivity index (χ1n) is 8.97. The van der Waals surface area contributed by atoms with Crippen LogP contribution in [0.3, 0.4) is 0 Å². The van der Waals surface area contributed by atoms with Crippen LogP contribution in [0.5, 0.6) is 0 Å². The van der Waals surface area contributed by atoms with Crippen LogP contribution in [0.15, 0.2) is 35.5 Å². The molecule has 0 saturated carbocycles. The minimum absolute atomic E-state index is 0.00313. The third-order valence-corrected chi connectivity index (χ3v) is 6.57. The predicted molar refractivity (Wildman–Crippen MR) is 101 cm³/mol. The molecule has 0 aliphatic carbocycles. The number of hydrogen-bond acceptors (Lipinski definition) is 5. The van der Waals surface area contributed by atoms with Gasteiger partial charge >= 0.3 is 12.4 Å². The Morgan fingerprint density at radius 2 is 1.62 bits per heavy atom. The lowest BCUT2D eigenvalue weighted by Gasteiger charge is -2.08. The van der Waals surface area contributed by atoms with E-state index in [0.717, 1.165) is 22.9 Å². The monoisotopic (exact) mass is 477 g/mol. The second-order valence-corrected chi connectivity index (χ2v) is 9.08. The second kappa shape index (κ2) is 6.92. The van der Waals surface area contributed by atoms with E-state index < -0.39 is 44.1 Å². The fourth-order valence-electron chi connectivity index (χ4n) is 3.22. The van der Waals surface area contributed by atoms with Gasteiger partial charge in [-0.05, 0) is 24.3 Å². The molecule has 0 atom stereocenters. The van der Waals surface area contributed by atoms with E-state index in [-0.39, 0.29) is 28.0 Å². The summed E-state index contributed by atoms with van der Waals surface area (Å²) in [6.45, 7) is 1.30.